The first-order valence-corrected chi connectivity index (χ1v) is 15.4. The van der Waals surface area contributed by atoms with Crippen molar-refractivity contribution in [3.05, 3.63) is 71.3 Å². The molecule has 2 rings (SSSR count). The smallest absolute Gasteiger partial charge is 0.408 e. The number of carbonyl (C=O) groups excluding carboxylic acids is 3. The molecular formula is C35H53N3O4. The van der Waals surface area contributed by atoms with Gasteiger partial charge in [-0.3, -0.25) is 9.59 Å². The molecule has 4 atom stereocenters. The van der Waals surface area contributed by atoms with E-state index in [0.717, 1.165) is 36.0 Å². The van der Waals surface area contributed by atoms with Crippen LogP contribution in [-0.2, 0) is 20.7 Å². The molecule has 0 spiro atoms. The second-order valence-electron chi connectivity index (χ2n) is 13.0. The first-order valence-electron chi connectivity index (χ1n) is 15.4. The van der Waals surface area contributed by atoms with E-state index in [-0.39, 0.29) is 30.3 Å². The van der Waals surface area contributed by atoms with Gasteiger partial charge in [0.2, 0.25) is 11.8 Å². The molecule has 0 saturated carbocycles. The lowest BCUT2D eigenvalue weighted by atomic mass is 9.95. The lowest BCUT2D eigenvalue weighted by Crippen LogP contribution is -2.56. The van der Waals surface area contributed by atoms with E-state index in [1.807, 2.05) is 75.4 Å². The van der Waals surface area contributed by atoms with Crippen molar-refractivity contribution in [2.75, 3.05) is 0 Å². The Labute approximate surface area is 253 Å². The van der Waals surface area contributed by atoms with E-state index in [1.54, 1.807) is 25.7 Å². The molecule has 7 nitrogen and oxygen atoms in total. The number of benzene rings is 2. The molecular weight excluding hydrogens is 526 g/mol. The van der Waals surface area contributed by atoms with Crippen LogP contribution in [-0.4, -0.2) is 46.5 Å². The molecule has 2 aromatic rings. The fourth-order valence-electron chi connectivity index (χ4n) is 5.10. The molecule has 0 aromatic heterocycles. The number of aryl methyl sites for hydroxylation is 1. The second-order valence-corrected chi connectivity index (χ2v) is 13.0. The van der Waals surface area contributed by atoms with Gasteiger partial charge >= 0.3 is 6.09 Å². The summed E-state index contributed by atoms with van der Waals surface area (Å²) in [4.78, 5) is 43.6. The number of rotatable bonds is 14. The zero-order valence-electron chi connectivity index (χ0n) is 27.2. The summed E-state index contributed by atoms with van der Waals surface area (Å²) in [7, 11) is 0. The number of amides is 3. The van der Waals surface area contributed by atoms with Crippen LogP contribution in [0.25, 0.3) is 0 Å². The fraction of sp³-hybridized carbons (Fsp3) is 0.571. The summed E-state index contributed by atoms with van der Waals surface area (Å²) < 4.78 is 5.56. The maximum atomic E-state index is 14.7. The van der Waals surface area contributed by atoms with Gasteiger partial charge in [-0.2, -0.15) is 0 Å². The first kappa shape index (κ1) is 34.8. The zero-order valence-corrected chi connectivity index (χ0v) is 27.2. The van der Waals surface area contributed by atoms with Crippen LogP contribution in [0.1, 0.15) is 104 Å². The molecule has 0 saturated heterocycles. The summed E-state index contributed by atoms with van der Waals surface area (Å²) >= 11 is 0. The van der Waals surface area contributed by atoms with E-state index >= 15 is 0 Å². The Hall–Kier alpha value is -3.35. The molecule has 3 amide bonds. The second kappa shape index (κ2) is 16.3. The predicted octanol–water partition coefficient (Wildman–Crippen LogP) is 7.13. The number of carbonyl (C=O) groups is 3. The van der Waals surface area contributed by atoms with E-state index in [9.17, 15) is 14.4 Å². The Kier molecular flexibility index (Phi) is 13.5. The number of alkyl carbamates (subject to hydrolysis) is 1. The third-order valence-corrected chi connectivity index (χ3v) is 7.16. The lowest BCUT2D eigenvalue weighted by Gasteiger charge is -2.39. The molecule has 0 aliphatic rings. The third kappa shape index (κ3) is 11.5. The van der Waals surface area contributed by atoms with Crippen LogP contribution >= 0.6 is 0 Å². The van der Waals surface area contributed by atoms with Crippen LogP contribution in [0, 0.1) is 12.8 Å². The Morgan fingerprint density at radius 1 is 0.881 bits per heavy atom. The SMILES string of the molecule is CCCC(C)NC(=O)C(c1cccc(C)c1)N(C(=O)C(Cc1ccccc1)NC(=O)OC(C)(C)C)C(C)CCC(C)C. The van der Waals surface area contributed by atoms with Crippen molar-refractivity contribution in [1.29, 1.82) is 0 Å². The Balaban J connectivity index is 2.64. The van der Waals surface area contributed by atoms with Crippen LogP contribution in [0.15, 0.2) is 54.6 Å². The maximum Gasteiger partial charge on any atom is 0.408 e. The Morgan fingerprint density at radius 3 is 2.12 bits per heavy atom. The highest BCUT2D eigenvalue weighted by Crippen LogP contribution is 2.29. The summed E-state index contributed by atoms with van der Waals surface area (Å²) in [6.45, 7) is 17.7. The molecule has 0 radical (unpaired) electrons. The zero-order chi connectivity index (χ0) is 31.4. The van der Waals surface area contributed by atoms with Gasteiger partial charge in [0, 0.05) is 18.5 Å². The average Bonchev–Trinajstić information content (AvgIpc) is 2.89. The van der Waals surface area contributed by atoms with Crippen molar-refractivity contribution in [2.45, 2.75) is 124 Å². The van der Waals surface area contributed by atoms with Gasteiger partial charge in [-0.25, -0.2) is 4.79 Å². The van der Waals surface area contributed by atoms with Crippen molar-refractivity contribution in [2.24, 2.45) is 5.92 Å². The van der Waals surface area contributed by atoms with Gasteiger partial charge in [0.1, 0.15) is 17.7 Å². The highest BCUT2D eigenvalue weighted by molar-refractivity contribution is 5.92. The largest absolute Gasteiger partial charge is 0.444 e. The minimum atomic E-state index is -0.933. The van der Waals surface area contributed by atoms with Crippen molar-refractivity contribution in [1.82, 2.24) is 15.5 Å². The van der Waals surface area contributed by atoms with Crippen LogP contribution in [0.3, 0.4) is 0 Å². The van der Waals surface area contributed by atoms with E-state index < -0.39 is 23.8 Å². The van der Waals surface area contributed by atoms with E-state index in [0.29, 0.717) is 12.3 Å². The Morgan fingerprint density at radius 2 is 1.55 bits per heavy atom. The fourth-order valence-corrected chi connectivity index (χ4v) is 5.10. The molecule has 0 heterocycles. The van der Waals surface area contributed by atoms with Crippen LogP contribution in [0.4, 0.5) is 4.79 Å². The summed E-state index contributed by atoms with van der Waals surface area (Å²) in [6.07, 6.45) is 2.97. The van der Waals surface area contributed by atoms with E-state index in [1.165, 1.54) is 0 Å². The van der Waals surface area contributed by atoms with E-state index in [2.05, 4.69) is 31.4 Å². The summed E-state index contributed by atoms with van der Waals surface area (Å²) in [5, 5.41) is 6.03. The Bertz CT molecular complexity index is 1140. The maximum absolute atomic E-state index is 14.7. The van der Waals surface area contributed by atoms with Crippen molar-refractivity contribution < 1.29 is 19.1 Å². The van der Waals surface area contributed by atoms with Gasteiger partial charge in [-0.15, -0.1) is 0 Å². The molecule has 232 valence electrons. The van der Waals surface area contributed by atoms with Crippen LogP contribution in [0.2, 0.25) is 0 Å². The number of ether oxygens (including phenoxy) is 1. The van der Waals surface area contributed by atoms with Crippen molar-refractivity contribution >= 4 is 17.9 Å². The quantitative estimate of drug-likeness (QED) is 0.249. The minimum absolute atomic E-state index is 0.0438. The van der Waals surface area contributed by atoms with Gasteiger partial charge in [-0.05, 0) is 77.8 Å². The first-order chi connectivity index (χ1) is 19.7. The normalized spacial score (nSPS) is 14.4. The summed E-state index contributed by atoms with van der Waals surface area (Å²) in [5.41, 5.74) is 1.92. The molecule has 0 aliphatic heterocycles. The number of nitrogens with zero attached hydrogens (tertiary/aromatic N) is 1. The molecule has 2 N–H and O–H groups in total. The molecule has 7 heteroatoms. The number of hydrogen-bond donors (Lipinski definition) is 2. The molecule has 0 aliphatic carbocycles. The van der Waals surface area contributed by atoms with E-state index in [4.69, 9.17) is 4.74 Å². The summed E-state index contributed by atoms with van der Waals surface area (Å²) in [5.74, 6) is -0.104. The lowest BCUT2D eigenvalue weighted by molar-refractivity contribution is -0.145. The van der Waals surface area contributed by atoms with Crippen molar-refractivity contribution in [3.8, 4) is 0 Å². The molecule has 0 fully saturated rings. The van der Waals surface area contributed by atoms with Gasteiger partial charge in [-0.1, -0.05) is 87.4 Å². The standard InChI is InChI=1S/C35H53N3O4/c1-10-15-26(5)36-32(39)31(29-19-14-16-25(4)22-29)38(27(6)21-20-24(2)3)33(40)30(23-28-17-12-11-13-18-28)37-34(41)42-35(7,8)9/h11-14,16-19,22,24,26-27,30-31H,10,15,20-21,23H2,1-9H3,(H,36,39)(H,37,41). The average molecular weight is 580 g/mol. The van der Waals surface area contributed by atoms with Crippen LogP contribution in [0.5, 0.6) is 0 Å². The van der Waals surface area contributed by atoms with Gasteiger partial charge in [0.25, 0.3) is 0 Å². The van der Waals surface area contributed by atoms with Gasteiger partial charge in [0.15, 0.2) is 0 Å². The van der Waals surface area contributed by atoms with Crippen molar-refractivity contribution in [3.63, 3.8) is 0 Å². The highest BCUT2D eigenvalue weighted by atomic mass is 16.6. The molecule has 4 unspecified atom stereocenters. The molecule has 2 aromatic carbocycles. The van der Waals surface area contributed by atoms with Crippen LogP contribution < -0.4 is 10.6 Å². The third-order valence-electron chi connectivity index (χ3n) is 7.16. The molecule has 0 bridgehead atoms. The topological polar surface area (TPSA) is 87.7 Å². The van der Waals surface area contributed by atoms with Gasteiger partial charge < -0.3 is 20.3 Å². The van der Waals surface area contributed by atoms with Gasteiger partial charge in [0.05, 0.1) is 0 Å². The summed E-state index contributed by atoms with van der Waals surface area (Å²) in [6, 6.07) is 15.3. The minimum Gasteiger partial charge on any atom is -0.444 e. The number of nitrogens with one attached hydrogen (secondary N) is 2. The number of hydrogen-bond acceptors (Lipinski definition) is 4. The highest BCUT2D eigenvalue weighted by Gasteiger charge is 2.39. The molecule has 42 heavy (non-hydrogen) atoms. The monoisotopic (exact) mass is 579 g/mol. The predicted molar refractivity (Wildman–Crippen MR) is 170 cm³/mol.